The van der Waals surface area contributed by atoms with Crippen molar-refractivity contribution in [3.63, 3.8) is 0 Å². The van der Waals surface area contributed by atoms with E-state index in [2.05, 4.69) is 4.98 Å². The highest BCUT2D eigenvalue weighted by molar-refractivity contribution is 7.14. The summed E-state index contributed by atoms with van der Waals surface area (Å²) in [4.78, 5) is 32.9. The molecule has 0 bridgehead atoms. The van der Waals surface area contributed by atoms with Crippen molar-refractivity contribution < 1.29 is 9.59 Å². The average Bonchev–Trinajstić information content (AvgIpc) is 3.15. The van der Waals surface area contributed by atoms with Gasteiger partial charge in [-0.15, -0.1) is 11.3 Å². The summed E-state index contributed by atoms with van der Waals surface area (Å²) in [6.07, 6.45) is 0.259. The number of aromatic nitrogens is 1. The molecule has 0 spiro atoms. The van der Waals surface area contributed by atoms with Gasteiger partial charge in [-0.3, -0.25) is 14.5 Å². The topological polar surface area (TPSA) is 53.5 Å². The summed E-state index contributed by atoms with van der Waals surface area (Å²) in [5, 5.41) is 2.64. The van der Waals surface area contributed by atoms with Crippen LogP contribution in [0.4, 0.5) is 10.8 Å². The van der Waals surface area contributed by atoms with Gasteiger partial charge in [-0.25, -0.2) is 4.98 Å². The molecule has 1 aromatic heterocycles. The Kier molecular flexibility index (Phi) is 4.43. The molecule has 2 aromatic rings. The van der Waals surface area contributed by atoms with Crippen LogP contribution in [0.5, 0.6) is 0 Å². The second-order valence-electron chi connectivity index (χ2n) is 5.59. The molecule has 1 aliphatic heterocycles. The number of aryl methyl sites for hydroxylation is 1. The van der Waals surface area contributed by atoms with E-state index in [1.54, 1.807) is 9.80 Å². The third-order valence-electron chi connectivity index (χ3n) is 3.96. The third-order valence-corrected chi connectivity index (χ3v) is 4.94. The number of hydrogen-bond donors (Lipinski definition) is 0. The molecule has 0 N–H and O–H groups in total. The number of hydrogen-bond acceptors (Lipinski definition) is 4. The molecule has 1 fully saturated rings. The summed E-state index contributed by atoms with van der Waals surface area (Å²) in [5.74, 6) is -0.332. The molecule has 1 saturated heterocycles. The van der Waals surface area contributed by atoms with Gasteiger partial charge in [0, 0.05) is 30.6 Å². The Morgan fingerprint density at radius 2 is 2.13 bits per heavy atom. The summed E-state index contributed by atoms with van der Waals surface area (Å²) in [5.41, 5.74) is 1.76. The zero-order valence-corrected chi connectivity index (χ0v) is 14.0. The Bertz CT molecular complexity index is 714. The molecule has 23 heavy (non-hydrogen) atoms. The lowest BCUT2D eigenvalue weighted by Crippen LogP contribution is -2.37. The second kappa shape index (κ2) is 6.50. The Hall–Kier alpha value is -2.21. The van der Waals surface area contributed by atoms with Crippen LogP contribution >= 0.6 is 11.3 Å². The molecule has 0 unspecified atom stereocenters. The molecule has 1 aliphatic rings. The van der Waals surface area contributed by atoms with Crippen LogP contribution < -0.4 is 9.80 Å². The Balaban J connectivity index is 1.77. The molecule has 0 aliphatic carbocycles. The molecule has 0 saturated carbocycles. The van der Waals surface area contributed by atoms with Crippen LogP contribution in [0.2, 0.25) is 0 Å². The first-order valence-corrected chi connectivity index (χ1v) is 8.57. The number of carbonyl (C=O) groups excluding carboxylic acids is 2. The van der Waals surface area contributed by atoms with Crippen LogP contribution in [0.1, 0.15) is 19.0 Å². The fourth-order valence-corrected chi connectivity index (χ4v) is 3.67. The van der Waals surface area contributed by atoms with Gasteiger partial charge in [0.2, 0.25) is 11.8 Å². The van der Waals surface area contributed by atoms with Crippen LogP contribution in [-0.4, -0.2) is 29.9 Å². The minimum Gasteiger partial charge on any atom is -0.312 e. The van der Waals surface area contributed by atoms with Crippen LogP contribution in [0.3, 0.4) is 0 Å². The molecule has 2 heterocycles. The normalized spacial score (nSPS) is 17.6. The molecule has 5 nitrogen and oxygen atoms in total. The third kappa shape index (κ3) is 3.12. The smallest absolute Gasteiger partial charge is 0.234 e. The summed E-state index contributed by atoms with van der Waals surface area (Å²) >= 11 is 1.46. The molecule has 3 rings (SSSR count). The van der Waals surface area contributed by atoms with Crippen molar-refractivity contribution in [3.05, 3.63) is 41.4 Å². The monoisotopic (exact) mass is 329 g/mol. The fourth-order valence-electron chi connectivity index (χ4n) is 2.80. The van der Waals surface area contributed by atoms with Gasteiger partial charge in [-0.05, 0) is 26.0 Å². The molecular formula is C17H19N3O2S. The molecular weight excluding hydrogens is 310 g/mol. The lowest BCUT2D eigenvalue weighted by atomic mass is 10.1. The minimum absolute atomic E-state index is 0.000854. The van der Waals surface area contributed by atoms with Crippen molar-refractivity contribution >= 4 is 34.0 Å². The number of anilines is 2. The maximum absolute atomic E-state index is 12.8. The van der Waals surface area contributed by atoms with Gasteiger partial charge in [0.25, 0.3) is 0 Å². The van der Waals surface area contributed by atoms with E-state index in [0.29, 0.717) is 18.2 Å². The minimum atomic E-state index is -0.313. The molecule has 2 amide bonds. The zero-order valence-electron chi connectivity index (χ0n) is 13.2. The molecule has 120 valence electrons. The lowest BCUT2D eigenvalue weighted by Gasteiger charge is -2.22. The number of thiazole rings is 1. The van der Waals surface area contributed by atoms with Crippen molar-refractivity contribution in [2.75, 3.05) is 22.9 Å². The molecule has 1 atom stereocenters. The predicted octanol–water partition coefficient (Wildman–Crippen LogP) is 2.86. The van der Waals surface area contributed by atoms with Gasteiger partial charge in [-0.1, -0.05) is 18.2 Å². The molecule has 6 heteroatoms. The van der Waals surface area contributed by atoms with E-state index < -0.39 is 0 Å². The van der Waals surface area contributed by atoms with Crippen molar-refractivity contribution in [2.24, 2.45) is 5.92 Å². The molecule has 0 radical (unpaired) electrons. The summed E-state index contributed by atoms with van der Waals surface area (Å²) in [6, 6.07) is 9.50. The Labute approximate surface area is 139 Å². The standard InChI is InChI=1S/C17H19N3O2S/c1-3-19(17-18-12(2)11-23-17)16(22)13-9-15(21)20(10-13)14-7-5-4-6-8-14/h4-8,11,13H,3,9-10H2,1-2H3/t13-/m1/s1. The maximum Gasteiger partial charge on any atom is 0.234 e. The van der Waals surface area contributed by atoms with Crippen LogP contribution in [-0.2, 0) is 9.59 Å². The van der Waals surface area contributed by atoms with E-state index in [1.807, 2.05) is 49.6 Å². The largest absolute Gasteiger partial charge is 0.312 e. The van der Waals surface area contributed by atoms with Gasteiger partial charge in [0.05, 0.1) is 11.6 Å². The van der Waals surface area contributed by atoms with Crippen molar-refractivity contribution in [3.8, 4) is 0 Å². The van der Waals surface area contributed by atoms with E-state index >= 15 is 0 Å². The number of rotatable bonds is 4. The average molecular weight is 329 g/mol. The quantitative estimate of drug-likeness (QED) is 0.867. The summed E-state index contributed by atoms with van der Waals surface area (Å²) < 4.78 is 0. The Morgan fingerprint density at radius 3 is 2.74 bits per heavy atom. The van der Waals surface area contributed by atoms with E-state index in [-0.39, 0.29) is 24.2 Å². The van der Waals surface area contributed by atoms with Crippen molar-refractivity contribution in [1.29, 1.82) is 0 Å². The first-order chi connectivity index (χ1) is 11.1. The van der Waals surface area contributed by atoms with E-state index in [1.165, 1.54) is 11.3 Å². The first kappa shape index (κ1) is 15.7. The lowest BCUT2D eigenvalue weighted by molar-refractivity contribution is -0.124. The highest BCUT2D eigenvalue weighted by atomic mass is 32.1. The first-order valence-electron chi connectivity index (χ1n) is 7.69. The number of nitrogens with zero attached hydrogens (tertiary/aromatic N) is 3. The van der Waals surface area contributed by atoms with Crippen LogP contribution in [0.15, 0.2) is 35.7 Å². The van der Waals surface area contributed by atoms with Crippen LogP contribution in [0, 0.1) is 12.8 Å². The zero-order chi connectivity index (χ0) is 16.4. The highest BCUT2D eigenvalue weighted by Gasteiger charge is 2.37. The number of para-hydroxylation sites is 1. The Morgan fingerprint density at radius 1 is 1.39 bits per heavy atom. The number of carbonyl (C=O) groups is 2. The van der Waals surface area contributed by atoms with Crippen LogP contribution in [0.25, 0.3) is 0 Å². The van der Waals surface area contributed by atoms with E-state index in [9.17, 15) is 9.59 Å². The number of amides is 2. The fraction of sp³-hybridized carbons (Fsp3) is 0.353. The van der Waals surface area contributed by atoms with Gasteiger partial charge in [0.15, 0.2) is 5.13 Å². The van der Waals surface area contributed by atoms with Gasteiger partial charge >= 0.3 is 0 Å². The van der Waals surface area contributed by atoms with E-state index in [4.69, 9.17) is 0 Å². The summed E-state index contributed by atoms with van der Waals surface area (Å²) in [6.45, 7) is 4.83. The SMILES string of the molecule is CCN(C(=O)[C@@H]1CC(=O)N(c2ccccc2)C1)c1nc(C)cs1. The predicted molar refractivity (Wildman–Crippen MR) is 91.8 cm³/mol. The van der Waals surface area contributed by atoms with Gasteiger partial charge in [-0.2, -0.15) is 0 Å². The van der Waals surface area contributed by atoms with Gasteiger partial charge < -0.3 is 4.90 Å². The molecule has 1 aromatic carbocycles. The highest BCUT2D eigenvalue weighted by Crippen LogP contribution is 2.28. The van der Waals surface area contributed by atoms with Gasteiger partial charge in [0.1, 0.15) is 0 Å². The second-order valence-corrected chi connectivity index (χ2v) is 6.43. The van der Waals surface area contributed by atoms with E-state index in [0.717, 1.165) is 11.4 Å². The summed E-state index contributed by atoms with van der Waals surface area (Å²) in [7, 11) is 0. The number of benzene rings is 1. The maximum atomic E-state index is 12.8. The van der Waals surface area contributed by atoms with Crippen molar-refractivity contribution in [2.45, 2.75) is 20.3 Å². The van der Waals surface area contributed by atoms with Crippen molar-refractivity contribution in [1.82, 2.24) is 4.98 Å².